The van der Waals surface area contributed by atoms with Crippen LogP contribution in [0.3, 0.4) is 0 Å². The number of ether oxygens (including phenoxy) is 3. The van der Waals surface area contributed by atoms with Crippen molar-refractivity contribution >= 4 is 23.1 Å². The van der Waals surface area contributed by atoms with Crippen molar-refractivity contribution in [2.24, 2.45) is 0 Å². The molecule has 4 aromatic rings. The Morgan fingerprint density at radius 3 is 2.90 bits per heavy atom. The number of anilines is 1. The van der Waals surface area contributed by atoms with Gasteiger partial charge < -0.3 is 19.5 Å². The molecule has 1 aliphatic rings. The summed E-state index contributed by atoms with van der Waals surface area (Å²) in [5.41, 5.74) is 2.96. The van der Waals surface area contributed by atoms with E-state index in [9.17, 15) is 4.79 Å². The number of amides is 1. The first-order valence-electron chi connectivity index (χ1n) is 9.49. The predicted octanol–water partition coefficient (Wildman–Crippen LogP) is 4.29. The minimum atomic E-state index is -0.257. The minimum absolute atomic E-state index is 0.226. The van der Waals surface area contributed by atoms with E-state index in [4.69, 9.17) is 19.2 Å². The number of rotatable bonds is 5. The lowest BCUT2D eigenvalue weighted by molar-refractivity contribution is 0.102. The number of fused-ring (bicyclic) bond motifs is 1. The van der Waals surface area contributed by atoms with Crippen molar-refractivity contribution in [1.29, 1.82) is 0 Å². The highest BCUT2D eigenvalue weighted by atomic mass is 32.1. The Balaban J connectivity index is 1.42. The van der Waals surface area contributed by atoms with E-state index in [1.165, 1.54) is 11.3 Å². The lowest BCUT2D eigenvalue weighted by Gasteiger charge is -2.07. The summed E-state index contributed by atoms with van der Waals surface area (Å²) in [6.07, 6.45) is 0. The number of thiazole rings is 1. The number of nitrogens with one attached hydrogen (secondary N) is 1. The number of hydrogen-bond donors (Lipinski definition) is 1. The Bertz CT molecular complexity index is 1280. The molecule has 0 unspecified atom stereocenters. The number of aromatic nitrogens is 3. The Morgan fingerprint density at radius 1 is 1.16 bits per heavy atom. The number of carbonyl (C=O) groups is 1. The van der Waals surface area contributed by atoms with Gasteiger partial charge in [-0.1, -0.05) is 6.07 Å². The van der Waals surface area contributed by atoms with E-state index in [0.717, 1.165) is 22.7 Å². The molecule has 0 radical (unpaired) electrons. The van der Waals surface area contributed by atoms with E-state index >= 15 is 0 Å². The molecular formula is C22H18N4O4S. The standard InChI is InChI=1S/C22H18N4O4S/c1-13-8-20(24-21(27)15-4-3-5-16(9-15)28-2)26(25-13)22-23-17(11-31-22)14-6-7-18-19(10-14)30-12-29-18/h3-11H,12H2,1-2H3,(H,24,27). The highest BCUT2D eigenvalue weighted by Gasteiger charge is 2.18. The summed E-state index contributed by atoms with van der Waals surface area (Å²) in [6, 6.07) is 14.5. The van der Waals surface area contributed by atoms with Crippen molar-refractivity contribution in [1.82, 2.24) is 14.8 Å². The molecule has 0 atom stereocenters. The van der Waals surface area contributed by atoms with Gasteiger partial charge in [-0.3, -0.25) is 4.79 Å². The maximum Gasteiger partial charge on any atom is 0.256 e. The van der Waals surface area contributed by atoms with Gasteiger partial charge in [0.2, 0.25) is 11.9 Å². The van der Waals surface area contributed by atoms with Crippen LogP contribution in [0.15, 0.2) is 53.9 Å². The average molecular weight is 434 g/mol. The van der Waals surface area contributed by atoms with Crippen LogP contribution in [0, 0.1) is 6.92 Å². The molecule has 0 bridgehead atoms. The van der Waals surface area contributed by atoms with Crippen molar-refractivity contribution in [3.8, 4) is 33.6 Å². The number of methoxy groups -OCH3 is 1. The zero-order valence-corrected chi connectivity index (χ0v) is 17.6. The van der Waals surface area contributed by atoms with Gasteiger partial charge in [0.1, 0.15) is 11.6 Å². The molecule has 31 heavy (non-hydrogen) atoms. The van der Waals surface area contributed by atoms with Crippen LogP contribution in [0.5, 0.6) is 17.2 Å². The first-order valence-corrected chi connectivity index (χ1v) is 10.4. The quantitative estimate of drug-likeness (QED) is 0.504. The molecule has 9 heteroatoms. The molecule has 156 valence electrons. The fraction of sp³-hybridized carbons (Fsp3) is 0.136. The van der Waals surface area contributed by atoms with E-state index in [2.05, 4.69) is 10.4 Å². The number of benzene rings is 2. The molecule has 1 aliphatic heterocycles. The lowest BCUT2D eigenvalue weighted by atomic mass is 10.1. The van der Waals surface area contributed by atoms with Crippen molar-refractivity contribution in [2.45, 2.75) is 6.92 Å². The number of carbonyl (C=O) groups excluding carboxylic acids is 1. The highest BCUT2D eigenvalue weighted by molar-refractivity contribution is 7.12. The molecule has 8 nitrogen and oxygen atoms in total. The molecule has 3 heterocycles. The monoisotopic (exact) mass is 434 g/mol. The summed E-state index contributed by atoms with van der Waals surface area (Å²) in [7, 11) is 1.57. The van der Waals surface area contributed by atoms with Crippen molar-refractivity contribution in [2.75, 3.05) is 19.2 Å². The van der Waals surface area contributed by atoms with Crippen LogP contribution in [-0.4, -0.2) is 34.6 Å². The van der Waals surface area contributed by atoms with Gasteiger partial charge in [0.25, 0.3) is 5.91 Å². The normalized spacial score (nSPS) is 12.1. The zero-order chi connectivity index (χ0) is 21.4. The van der Waals surface area contributed by atoms with Crippen molar-refractivity contribution < 1.29 is 19.0 Å². The van der Waals surface area contributed by atoms with Crippen LogP contribution in [0.4, 0.5) is 5.82 Å². The second-order valence-electron chi connectivity index (χ2n) is 6.85. The maximum atomic E-state index is 12.8. The Labute approximate surface area is 182 Å². The van der Waals surface area contributed by atoms with E-state index in [1.54, 1.807) is 42.1 Å². The SMILES string of the molecule is COc1cccc(C(=O)Nc2cc(C)nn2-c2nc(-c3ccc4c(c3)OCO4)cs2)c1. The average Bonchev–Trinajstić information content (AvgIpc) is 3.52. The number of nitrogens with zero attached hydrogens (tertiary/aromatic N) is 3. The molecule has 5 rings (SSSR count). The van der Waals surface area contributed by atoms with E-state index < -0.39 is 0 Å². The van der Waals surface area contributed by atoms with Gasteiger partial charge in [-0.2, -0.15) is 9.78 Å². The van der Waals surface area contributed by atoms with Gasteiger partial charge in [0.15, 0.2) is 11.5 Å². The van der Waals surface area contributed by atoms with Crippen molar-refractivity contribution in [3.05, 3.63) is 65.2 Å². The maximum absolute atomic E-state index is 12.8. The van der Waals surface area contributed by atoms with Crippen LogP contribution < -0.4 is 19.5 Å². The summed E-state index contributed by atoms with van der Waals surface area (Å²) >= 11 is 1.43. The van der Waals surface area contributed by atoms with Crippen LogP contribution in [-0.2, 0) is 0 Å². The molecule has 0 fully saturated rings. The molecule has 0 saturated carbocycles. The number of aryl methyl sites for hydroxylation is 1. The smallest absolute Gasteiger partial charge is 0.256 e. The Morgan fingerprint density at radius 2 is 2.03 bits per heavy atom. The minimum Gasteiger partial charge on any atom is -0.497 e. The third-order valence-electron chi connectivity index (χ3n) is 4.75. The van der Waals surface area contributed by atoms with Gasteiger partial charge in [0, 0.05) is 22.6 Å². The second kappa shape index (κ2) is 7.77. The molecule has 1 amide bonds. The Kier molecular flexibility index (Phi) is 4.79. The van der Waals surface area contributed by atoms with Gasteiger partial charge in [0.05, 0.1) is 18.5 Å². The van der Waals surface area contributed by atoms with E-state index in [-0.39, 0.29) is 12.7 Å². The van der Waals surface area contributed by atoms with Crippen LogP contribution in [0.1, 0.15) is 16.1 Å². The fourth-order valence-corrected chi connectivity index (χ4v) is 4.03. The number of hydrogen-bond acceptors (Lipinski definition) is 7. The second-order valence-corrected chi connectivity index (χ2v) is 7.69. The summed E-state index contributed by atoms with van der Waals surface area (Å²) < 4.78 is 17.7. The Hall–Kier alpha value is -3.85. The van der Waals surface area contributed by atoms with Crippen LogP contribution >= 0.6 is 11.3 Å². The predicted molar refractivity (Wildman–Crippen MR) is 116 cm³/mol. The van der Waals surface area contributed by atoms with Gasteiger partial charge in [-0.25, -0.2) is 4.98 Å². The lowest BCUT2D eigenvalue weighted by Crippen LogP contribution is -2.15. The first-order chi connectivity index (χ1) is 15.1. The third kappa shape index (κ3) is 3.71. The molecular weight excluding hydrogens is 416 g/mol. The topological polar surface area (TPSA) is 87.5 Å². The van der Waals surface area contributed by atoms with Crippen molar-refractivity contribution in [3.63, 3.8) is 0 Å². The third-order valence-corrected chi connectivity index (χ3v) is 5.56. The summed E-state index contributed by atoms with van der Waals surface area (Å²) in [6.45, 7) is 2.09. The van der Waals surface area contributed by atoms with Crippen LogP contribution in [0.25, 0.3) is 16.4 Å². The largest absolute Gasteiger partial charge is 0.497 e. The molecule has 0 spiro atoms. The van der Waals surface area contributed by atoms with Gasteiger partial charge >= 0.3 is 0 Å². The fourth-order valence-electron chi connectivity index (χ4n) is 3.24. The molecule has 0 aliphatic carbocycles. The van der Waals surface area contributed by atoms with Crippen LogP contribution in [0.2, 0.25) is 0 Å². The highest BCUT2D eigenvalue weighted by Crippen LogP contribution is 2.36. The summed E-state index contributed by atoms with van der Waals surface area (Å²) in [4.78, 5) is 17.5. The van der Waals surface area contributed by atoms with E-state index in [1.807, 2.05) is 30.5 Å². The molecule has 2 aromatic carbocycles. The molecule has 0 saturated heterocycles. The first kappa shape index (κ1) is 19.1. The summed E-state index contributed by atoms with van der Waals surface area (Å²) in [5.74, 6) is 2.33. The van der Waals surface area contributed by atoms with E-state index in [0.29, 0.717) is 28.0 Å². The zero-order valence-electron chi connectivity index (χ0n) is 16.8. The summed E-state index contributed by atoms with van der Waals surface area (Å²) in [5, 5.41) is 10.0. The molecule has 2 aromatic heterocycles. The van der Waals surface area contributed by atoms with Gasteiger partial charge in [-0.15, -0.1) is 11.3 Å². The van der Waals surface area contributed by atoms with Gasteiger partial charge in [-0.05, 0) is 43.3 Å². The molecule has 1 N–H and O–H groups in total.